The number of nitriles is 1. The lowest BCUT2D eigenvalue weighted by molar-refractivity contribution is 0.573. The molecule has 0 bridgehead atoms. The van der Waals surface area contributed by atoms with Crippen molar-refractivity contribution in [3.8, 4) is 17.5 Å². The average molecular weight is 356 g/mol. The van der Waals surface area contributed by atoms with E-state index >= 15 is 0 Å². The van der Waals surface area contributed by atoms with E-state index in [1.54, 1.807) is 18.4 Å². The van der Waals surface area contributed by atoms with E-state index in [1.807, 2.05) is 32.0 Å². The third kappa shape index (κ3) is 3.61. The first-order chi connectivity index (χ1) is 11.6. The molecule has 0 aliphatic heterocycles. The lowest BCUT2D eigenvalue weighted by Gasteiger charge is -2.06. The maximum absolute atomic E-state index is 9.31. The van der Waals surface area contributed by atoms with Crippen LogP contribution < -0.4 is 0 Å². The monoisotopic (exact) mass is 355 g/mol. The van der Waals surface area contributed by atoms with E-state index in [-0.39, 0.29) is 0 Å². The number of benzene rings is 1. The third-order valence-corrected chi connectivity index (χ3v) is 4.68. The van der Waals surface area contributed by atoms with Gasteiger partial charge in [-0.2, -0.15) is 5.26 Å². The van der Waals surface area contributed by atoms with Gasteiger partial charge in [0.1, 0.15) is 17.4 Å². The van der Waals surface area contributed by atoms with Gasteiger partial charge in [-0.05, 0) is 49.7 Å². The number of aryl methyl sites for hydroxylation is 2. The van der Waals surface area contributed by atoms with Crippen molar-refractivity contribution >= 4 is 23.4 Å². The van der Waals surface area contributed by atoms with Crippen LogP contribution in [-0.4, -0.2) is 9.97 Å². The molecule has 4 nitrogen and oxygen atoms in total. The molecule has 0 aliphatic carbocycles. The number of hydrogen-bond donors (Lipinski definition) is 0. The smallest absolute Gasteiger partial charge is 0.226 e. The molecule has 0 amide bonds. The van der Waals surface area contributed by atoms with E-state index in [9.17, 15) is 5.26 Å². The maximum Gasteiger partial charge on any atom is 0.226 e. The first kappa shape index (κ1) is 16.6. The molecule has 0 unspecified atom stereocenters. The van der Waals surface area contributed by atoms with Crippen molar-refractivity contribution in [2.45, 2.75) is 24.6 Å². The van der Waals surface area contributed by atoms with Gasteiger partial charge in [0, 0.05) is 22.0 Å². The van der Waals surface area contributed by atoms with Crippen LogP contribution in [0.15, 0.2) is 46.0 Å². The highest BCUT2D eigenvalue weighted by Gasteiger charge is 2.12. The normalized spacial score (nSPS) is 10.6. The number of nitrogens with zero attached hydrogens (tertiary/aromatic N) is 3. The van der Waals surface area contributed by atoms with Crippen molar-refractivity contribution in [1.29, 1.82) is 5.26 Å². The minimum atomic E-state index is 0.552. The highest BCUT2D eigenvalue weighted by Crippen LogP contribution is 2.28. The van der Waals surface area contributed by atoms with Gasteiger partial charge in [0.15, 0.2) is 0 Å². The van der Waals surface area contributed by atoms with Crippen molar-refractivity contribution in [2.24, 2.45) is 0 Å². The average Bonchev–Trinajstić information content (AvgIpc) is 3.02. The predicted molar refractivity (Wildman–Crippen MR) is 94.9 cm³/mol. The summed E-state index contributed by atoms with van der Waals surface area (Å²) in [5.41, 5.74) is 4.13. The van der Waals surface area contributed by atoms with Gasteiger partial charge in [0.25, 0.3) is 0 Å². The molecule has 2 heterocycles. The molecule has 0 saturated heterocycles. The second kappa shape index (κ2) is 7.08. The van der Waals surface area contributed by atoms with Gasteiger partial charge >= 0.3 is 0 Å². The first-order valence-corrected chi connectivity index (χ1v) is 8.64. The fourth-order valence-corrected chi connectivity index (χ4v) is 3.39. The molecule has 6 heteroatoms. The predicted octanol–water partition coefficient (Wildman–Crippen LogP) is 5.17. The van der Waals surface area contributed by atoms with Crippen LogP contribution in [0.2, 0.25) is 5.02 Å². The van der Waals surface area contributed by atoms with Crippen LogP contribution in [0.1, 0.15) is 22.5 Å². The van der Waals surface area contributed by atoms with E-state index in [1.165, 1.54) is 11.8 Å². The van der Waals surface area contributed by atoms with Crippen LogP contribution in [-0.2, 0) is 5.75 Å². The topological polar surface area (TPSA) is 62.7 Å². The van der Waals surface area contributed by atoms with Crippen molar-refractivity contribution in [2.75, 3.05) is 0 Å². The maximum atomic E-state index is 9.31. The van der Waals surface area contributed by atoms with E-state index < -0.39 is 0 Å². The summed E-state index contributed by atoms with van der Waals surface area (Å²) >= 11 is 7.38. The zero-order valence-electron chi connectivity index (χ0n) is 13.2. The summed E-state index contributed by atoms with van der Waals surface area (Å²) in [5, 5.41) is 10.7. The minimum absolute atomic E-state index is 0.552. The van der Waals surface area contributed by atoms with Crippen molar-refractivity contribution in [1.82, 2.24) is 9.97 Å². The van der Waals surface area contributed by atoms with Gasteiger partial charge in [-0.15, -0.1) is 0 Å². The number of hydrogen-bond acceptors (Lipinski definition) is 5. The summed E-state index contributed by atoms with van der Waals surface area (Å²) < 4.78 is 5.53. The number of pyridine rings is 1. The van der Waals surface area contributed by atoms with Gasteiger partial charge in [0.05, 0.1) is 11.3 Å². The Labute approximate surface area is 149 Å². The minimum Gasteiger partial charge on any atom is -0.444 e. The fraction of sp³-hybridized carbons (Fsp3) is 0.167. The fourth-order valence-electron chi connectivity index (χ4n) is 2.28. The van der Waals surface area contributed by atoms with Crippen LogP contribution >= 0.6 is 23.4 Å². The van der Waals surface area contributed by atoms with Crippen LogP contribution in [0.4, 0.5) is 0 Å². The number of rotatable bonds is 4. The molecule has 0 saturated carbocycles. The molecular weight excluding hydrogens is 342 g/mol. The molecule has 0 radical (unpaired) electrons. The largest absolute Gasteiger partial charge is 0.444 e. The Kier molecular flexibility index (Phi) is 4.89. The van der Waals surface area contributed by atoms with Crippen molar-refractivity contribution in [3.63, 3.8) is 0 Å². The second-order valence-electron chi connectivity index (χ2n) is 5.31. The van der Waals surface area contributed by atoms with E-state index in [2.05, 4.69) is 16.0 Å². The highest BCUT2D eigenvalue weighted by atomic mass is 35.5. The van der Waals surface area contributed by atoms with Crippen LogP contribution in [0.25, 0.3) is 11.5 Å². The summed E-state index contributed by atoms with van der Waals surface area (Å²) in [5.74, 6) is 1.14. The molecule has 3 aromatic rings. The molecule has 24 heavy (non-hydrogen) atoms. The Bertz CT molecular complexity index is 913. The molecule has 120 valence electrons. The SMILES string of the molecule is Cc1cc(C)c(C#N)c(SCc2coc(-c3ccc(Cl)cc3)n2)n1. The summed E-state index contributed by atoms with van der Waals surface area (Å²) in [6.45, 7) is 3.85. The van der Waals surface area contributed by atoms with Crippen LogP contribution in [0.3, 0.4) is 0 Å². The Hall–Kier alpha value is -2.29. The highest BCUT2D eigenvalue weighted by molar-refractivity contribution is 7.98. The summed E-state index contributed by atoms with van der Waals surface area (Å²) in [6.07, 6.45) is 1.63. The molecular formula is C18H14ClN3OS. The molecule has 0 spiro atoms. The lowest BCUT2D eigenvalue weighted by Crippen LogP contribution is -1.94. The zero-order chi connectivity index (χ0) is 17.1. The molecule has 1 aromatic carbocycles. The number of thioether (sulfide) groups is 1. The Balaban J connectivity index is 1.77. The molecule has 0 N–H and O–H groups in total. The van der Waals surface area contributed by atoms with Gasteiger partial charge in [0.2, 0.25) is 5.89 Å². The Morgan fingerprint density at radius 3 is 2.67 bits per heavy atom. The summed E-state index contributed by atoms with van der Waals surface area (Å²) in [7, 11) is 0. The quantitative estimate of drug-likeness (QED) is 0.604. The number of aromatic nitrogens is 2. The lowest BCUT2D eigenvalue weighted by atomic mass is 10.1. The summed E-state index contributed by atoms with van der Waals surface area (Å²) in [4.78, 5) is 8.95. The summed E-state index contributed by atoms with van der Waals surface area (Å²) in [6, 6.07) is 11.5. The number of oxazole rings is 1. The molecule has 0 atom stereocenters. The van der Waals surface area contributed by atoms with E-state index in [4.69, 9.17) is 16.0 Å². The molecule has 0 aliphatic rings. The first-order valence-electron chi connectivity index (χ1n) is 7.28. The van der Waals surface area contributed by atoms with Crippen LogP contribution in [0.5, 0.6) is 0 Å². The molecule has 0 fully saturated rings. The van der Waals surface area contributed by atoms with Gasteiger partial charge in [-0.25, -0.2) is 9.97 Å². The zero-order valence-corrected chi connectivity index (χ0v) is 14.8. The Morgan fingerprint density at radius 1 is 1.21 bits per heavy atom. The Morgan fingerprint density at radius 2 is 1.96 bits per heavy atom. The van der Waals surface area contributed by atoms with Crippen LogP contribution in [0, 0.1) is 25.2 Å². The molecule has 3 rings (SSSR count). The van der Waals surface area contributed by atoms with Crippen molar-refractivity contribution in [3.05, 3.63) is 64.1 Å². The number of halogens is 1. The molecule has 2 aromatic heterocycles. The van der Waals surface area contributed by atoms with E-state index in [0.717, 1.165) is 27.5 Å². The third-order valence-electron chi connectivity index (χ3n) is 3.42. The van der Waals surface area contributed by atoms with Crippen molar-refractivity contribution < 1.29 is 4.42 Å². The second-order valence-corrected chi connectivity index (χ2v) is 6.71. The standard InChI is InChI=1S/C18H14ClN3OS/c1-11-7-12(2)21-18(16(11)8-20)24-10-15-9-23-17(22-15)13-3-5-14(19)6-4-13/h3-7,9H,10H2,1-2H3. The van der Waals surface area contributed by atoms with Gasteiger partial charge < -0.3 is 4.42 Å². The van der Waals surface area contributed by atoms with E-state index in [0.29, 0.717) is 22.2 Å². The van der Waals surface area contributed by atoms with Gasteiger partial charge in [-0.1, -0.05) is 23.4 Å². The van der Waals surface area contributed by atoms with Gasteiger partial charge in [-0.3, -0.25) is 0 Å².